The van der Waals surface area contributed by atoms with Crippen LogP contribution in [-0.4, -0.2) is 29.8 Å². The molecule has 142 valence electrons. The minimum atomic E-state index is 0.305. The van der Waals surface area contributed by atoms with E-state index >= 15 is 0 Å². The van der Waals surface area contributed by atoms with Crippen LogP contribution in [-0.2, 0) is 0 Å². The minimum Gasteiger partial charge on any atom is -0.396 e. The summed E-state index contributed by atoms with van der Waals surface area (Å²) < 4.78 is 3.41. The lowest BCUT2D eigenvalue weighted by Gasteiger charge is -2.33. The Morgan fingerprint density at radius 2 is 1.96 bits per heavy atom. The van der Waals surface area contributed by atoms with E-state index < -0.39 is 0 Å². The number of aromatic nitrogens is 1. The van der Waals surface area contributed by atoms with Crippen molar-refractivity contribution in [1.29, 1.82) is 0 Å². The van der Waals surface area contributed by atoms with Crippen LogP contribution in [0.4, 0.5) is 5.69 Å². The summed E-state index contributed by atoms with van der Waals surface area (Å²) in [7, 11) is 0. The number of aliphatic hydroxyl groups is 1. The summed E-state index contributed by atoms with van der Waals surface area (Å²) in [5.74, 6) is 0.655. The van der Waals surface area contributed by atoms with Gasteiger partial charge in [-0.1, -0.05) is 37.9 Å². The van der Waals surface area contributed by atoms with Gasteiger partial charge in [0.15, 0.2) is 0 Å². The number of thiophene rings is 1. The maximum Gasteiger partial charge on any atom is 0.0912 e. The van der Waals surface area contributed by atoms with Gasteiger partial charge in [0.05, 0.1) is 15.9 Å². The predicted octanol–water partition coefficient (Wildman–Crippen LogP) is 6.40. The summed E-state index contributed by atoms with van der Waals surface area (Å²) in [5.41, 5.74) is 5.83. The fourth-order valence-electron chi connectivity index (χ4n) is 3.90. The number of rotatable bonds is 4. The normalized spacial score (nSPS) is 15.6. The third-order valence-electron chi connectivity index (χ3n) is 5.35. The Balaban J connectivity index is 1.73. The standard InChI is InChI=1S/C21H22Br2N2OS/c1-13-10-19(25-7-4-14(5-8-25)6-9-26)21-20(24-13)17(12-27-21)16-3-2-15(22)11-18(16)23/h2-3,10-12,14,26H,4-9H2,1H3. The van der Waals surface area contributed by atoms with Gasteiger partial charge in [-0.3, -0.25) is 4.98 Å². The molecule has 1 aliphatic heterocycles. The second kappa shape index (κ2) is 8.19. The summed E-state index contributed by atoms with van der Waals surface area (Å²) in [6.45, 7) is 4.50. The fraction of sp³-hybridized carbons (Fsp3) is 0.381. The van der Waals surface area contributed by atoms with Crippen molar-refractivity contribution >= 4 is 59.1 Å². The highest BCUT2D eigenvalue weighted by Gasteiger charge is 2.22. The number of pyridine rings is 1. The SMILES string of the molecule is Cc1cc(N2CCC(CCO)CC2)c2scc(-c3ccc(Br)cc3Br)c2n1. The zero-order valence-corrected chi connectivity index (χ0v) is 19.2. The summed E-state index contributed by atoms with van der Waals surface area (Å²) in [6.07, 6.45) is 3.24. The predicted molar refractivity (Wildman–Crippen MR) is 122 cm³/mol. The van der Waals surface area contributed by atoms with Crippen molar-refractivity contribution in [3.8, 4) is 11.1 Å². The number of hydrogen-bond acceptors (Lipinski definition) is 4. The van der Waals surface area contributed by atoms with Crippen molar-refractivity contribution in [2.24, 2.45) is 5.92 Å². The van der Waals surface area contributed by atoms with Gasteiger partial charge in [-0.15, -0.1) is 11.3 Å². The van der Waals surface area contributed by atoms with Crippen LogP contribution >= 0.6 is 43.2 Å². The molecule has 1 aromatic carbocycles. The van der Waals surface area contributed by atoms with Gasteiger partial charge in [0, 0.05) is 45.3 Å². The van der Waals surface area contributed by atoms with Crippen molar-refractivity contribution in [3.63, 3.8) is 0 Å². The molecule has 0 saturated carbocycles. The van der Waals surface area contributed by atoms with Crippen molar-refractivity contribution < 1.29 is 5.11 Å². The lowest BCUT2D eigenvalue weighted by Crippen LogP contribution is -2.34. The molecule has 1 fully saturated rings. The molecule has 0 aliphatic carbocycles. The summed E-state index contributed by atoms with van der Waals surface area (Å²) in [6, 6.07) is 8.53. The van der Waals surface area contributed by atoms with E-state index in [0.29, 0.717) is 12.5 Å². The number of piperidine rings is 1. The zero-order chi connectivity index (χ0) is 19.0. The average molecular weight is 510 g/mol. The number of aryl methyl sites for hydroxylation is 1. The van der Waals surface area contributed by atoms with Crippen LogP contribution in [0.5, 0.6) is 0 Å². The first-order chi connectivity index (χ1) is 13.1. The Hall–Kier alpha value is -0.950. The Morgan fingerprint density at radius 3 is 2.67 bits per heavy atom. The van der Waals surface area contributed by atoms with Gasteiger partial charge in [0.2, 0.25) is 0 Å². The van der Waals surface area contributed by atoms with Crippen molar-refractivity contribution in [2.45, 2.75) is 26.2 Å². The van der Waals surface area contributed by atoms with E-state index in [2.05, 4.69) is 73.3 Å². The van der Waals surface area contributed by atoms with Crippen LogP contribution in [0.15, 0.2) is 38.6 Å². The van der Waals surface area contributed by atoms with Crippen LogP contribution in [0.3, 0.4) is 0 Å². The molecule has 0 unspecified atom stereocenters. The lowest BCUT2D eigenvalue weighted by molar-refractivity contribution is 0.240. The molecule has 4 rings (SSSR count). The van der Waals surface area contributed by atoms with E-state index in [1.165, 1.54) is 21.5 Å². The van der Waals surface area contributed by atoms with E-state index in [1.807, 2.05) is 0 Å². The lowest BCUT2D eigenvalue weighted by atomic mass is 9.93. The Kier molecular flexibility index (Phi) is 5.88. The molecular weight excluding hydrogens is 488 g/mol. The van der Waals surface area contributed by atoms with E-state index in [4.69, 9.17) is 4.98 Å². The van der Waals surface area contributed by atoms with Crippen molar-refractivity contribution in [1.82, 2.24) is 4.98 Å². The molecule has 3 nitrogen and oxygen atoms in total. The molecule has 1 saturated heterocycles. The van der Waals surface area contributed by atoms with E-state index in [9.17, 15) is 5.11 Å². The maximum atomic E-state index is 9.20. The van der Waals surface area contributed by atoms with E-state index in [0.717, 1.165) is 52.5 Å². The number of halogens is 2. The molecule has 0 radical (unpaired) electrons. The summed E-state index contributed by atoms with van der Waals surface area (Å²) >= 11 is 9.03. The van der Waals surface area contributed by atoms with Crippen molar-refractivity contribution in [3.05, 3.63) is 44.3 Å². The fourth-order valence-corrected chi connectivity index (χ4v) is 6.21. The largest absolute Gasteiger partial charge is 0.396 e. The molecule has 2 aromatic heterocycles. The Labute approximate surface area is 180 Å². The van der Waals surface area contributed by atoms with Crippen LogP contribution < -0.4 is 4.90 Å². The second-order valence-electron chi connectivity index (χ2n) is 7.18. The summed E-state index contributed by atoms with van der Waals surface area (Å²) in [4.78, 5) is 7.40. The highest BCUT2D eigenvalue weighted by Crippen LogP contribution is 2.42. The van der Waals surface area contributed by atoms with Gasteiger partial charge in [0.25, 0.3) is 0 Å². The highest BCUT2D eigenvalue weighted by molar-refractivity contribution is 9.11. The van der Waals surface area contributed by atoms with E-state index in [-0.39, 0.29) is 0 Å². The first-order valence-corrected chi connectivity index (χ1v) is 11.7. The van der Waals surface area contributed by atoms with Gasteiger partial charge in [-0.05, 0) is 55.9 Å². The highest BCUT2D eigenvalue weighted by atomic mass is 79.9. The topological polar surface area (TPSA) is 36.4 Å². The second-order valence-corrected chi connectivity index (χ2v) is 9.83. The molecule has 27 heavy (non-hydrogen) atoms. The molecular formula is C21H22Br2N2OS. The van der Waals surface area contributed by atoms with E-state index in [1.54, 1.807) is 11.3 Å². The van der Waals surface area contributed by atoms with Gasteiger partial charge < -0.3 is 10.0 Å². The van der Waals surface area contributed by atoms with Crippen molar-refractivity contribution in [2.75, 3.05) is 24.6 Å². The number of hydrogen-bond donors (Lipinski definition) is 1. The molecule has 3 heterocycles. The number of anilines is 1. The van der Waals surface area contributed by atoms with Gasteiger partial charge in [-0.2, -0.15) is 0 Å². The molecule has 1 N–H and O–H groups in total. The van der Waals surface area contributed by atoms with Gasteiger partial charge >= 0.3 is 0 Å². The van der Waals surface area contributed by atoms with Crippen LogP contribution in [0.25, 0.3) is 21.3 Å². The number of aliphatic hydroxyl groups excluding tert-OH is 1. The molecule has 0 amide bonds. The third-order valence-corrected chi connectivity index (χ3v) is 7.49. The molecule has 0 atom stereocenters. The van der Waals surface area contributed by atoms with Crippen LogP contribution in [0.2, 0.25) is 0 Å². The molecule has 0 bridgehead atoms. The van der Waals surface area contributed by atoms with Gasteiger partial charge in [0.1, 0.15) is 0 Å². The number of benzene rings is 1. The summed E-state index contributed by atoms with van der Waals surface area (Å²) in [5, 5.41) is 11.4. The molecule has 6 heteroatoms. The molecule has 1 aliphatic rings. The smallest absolute Gasteiger partial charge is 0.0912 e. The molecule has 3 aromatic rings. The first-order valence-electron chi connectivity index (χ1n) is 9.27. The van der Waals surface area contributed by atoms with Crippen LogP contribution in [0, 0.1) is 12.8 Å². The number of nitrogens with zero attached hydrogens (tertiary/aromatic N) is 2. The Bertz CT molecular complexity index is 964. The molecule has 0 spiro atoms. The maximum absolute atomic E-state index is 9.20. The average Bonchev–Trinajstić information content (AvgIpc) is 3.05. The zero-order valence-electron chi connectivity index (χ0n) is 15.2. The number of fused-ring (bicyclic) bond motifs is 1. The monoisotopic (exact) mass is 508 g/mol. The van der Waals surface area contributed by atoms with Gasteiger partial charge in [-0.25, -0.2) is 0 Å². The minimum absolute atomic E-state index is 0.305. The third kappa shape index (κ3) is 3.95. The first kappa shape index (κ1) is 19.4. The van der Waals surface area contributed by atoms with Crippen LogP contribution in [0.1, 0.15) is 25.0 Å². The Morgan fingerprint density at radius 1 is 1.19 bits per heavy atom. The quantitative estimate of drug-likeness (QED) is 0.442.